The van der Waals surface area contributed by atoms with Crippen molar-refractivity contribution in [1.29, 1.82) is 0 Å². The minimum atomic E-state index is -0.0880. The van der Waals surface area contributed by atoms with Gasteiger partial charge in [0.25, 0.3) is 0 Å². The zero-order valence-corrected chi connectivity index (χ0v) is 15.3. The van der Waals surface area contributed by atoms with E-state index < -0.39 is 0 Å². The van der Waals surface area contributed by atoms with Gasteiger partial charge < -0.3 is 15.1 Å². The first-order chi connectivity index (χ1) is 12.1. The van der Waals surface area contributed by atoms with Gasteiger partial charge in [0, 0.05) is 44.7 Å². The van der Waals surface area contributed by atoms with Gasteiger partial charge in [-0.1, -0.05) is 44.2 Å². The van der Waals surface area contributed by atoms with Gasteiger partial charge in [0.05, 0.1) is 0 Å². The van der Waals surface area contributed by atoms with Gasteiger partial charge in [0.15, 0.2) is 0 Å². The van der Waals surface area contributed by atoms with E-state index in [1.54, 1.807) is 0 Å². The van der Waals surface area contributed by atoms with Crippen LogP contribution in [0.5, 0.6) is 0 Å². The lowest BCUT2D eigenvalue weighted by molar-refractivity contribution is -0.132. The van der Waals surface area contributed by atoms with E-state index >= 15 is 0 Å². The number of rotatable bonds is 7. The van der Waals surface area contributed by atoms with Crippen molar-refractivity contribution in [3.63, 3.8) is 0 Å². The minimum absolute atomic E-state index is 0.0880. The van der Waals surface area contributed by atoms with E-state index in [9.17, 15) is 9.59 Å². The molecule has 0 unspecified atom stereocenters. The van der Waals surface area contributed by atoms with Gasteiger partial charge in [-0.2, -0.15) is 0 Å². The maximum Gasteiger partial charge on any atom is 0.247 e. The average Bonchev–Trinajstić information content (AvgIpc) is 2.66. The first-order valence-corrected chi connectivity index (χ1v) is 9.18. The Morgan fingerprint density at radius 3 is 2.36 bits per heavy atom. The highest BCUT2D eigenvalue weighted by Gasteiger charge is 2.19. The molecular weight excluding hydrogens is 314 g/mol. The van der Waals surface area contributed by atoms with Crippen molar-refractivity contribution in [2.24, 2.45) is 0 Å². The van der Waals surface area contributed by atoms with Crippen LogP contribution in [-0.4, -0.2) is 60.9 Å². The van der Waals surface area contributed by atoms with Crippen LogP contribution in [0.4, 0.5) is 0 Å². The Morgan fingerprint density at radius 1 is 1.08 bits per heavy atom. The molecule has 0 spiro atoms. The minimum Gasteiger partial charge on any atom is -0.352 e. The summed E-state index contributed by atoms with van der Waals surface area (Å²) in [5, 5.41) is 2.88. The van der Waals surface area contributed by atoms with Gasteiger partial charge in [-0.3, -0.25) is 9.59 Å². The predicted molar refractivity (Wildman–Crippen MR) is 101 cm³/mol. The van der Waals surface area contributed by atoms with Crippen LogP contribution in [0.15, 0.2) is 35.9 Å². The van der Waals surface area contributed by atoms with Crippen molar-refractivity contribution in [3.8, 4) is 0 Å². The normalized spacial score (nSPS) is 15.9. The molecule has 0 saturated carbocycles. The van der Waals surface area contributed by atoms with E-state index in [-0.39, 0.29) is 11.8 Å². The summed E-state index contributed by atoms with van der Waals surface area (Å²) < 4.78 is 0. The van der Waals surface area contributed by atoms with Crippen LogP contribution in [0, 0.1) is 0 Å². The summed E-state index contributed by atoms with van der Waals surface area (Å²) in [4.78, 5) is 28.8. The predicted octanol–water partition coefficient (Wildman–Crippen LogP) is 2.15. The number of hydrogen-bond donors (Lipinski definition) is 1. The molecule has 0 aliphatic carbocycles. The second-order valence-electron chi connectivity index (χ2n) is 6.25. The van der Waals surface area contributed by atoms with Crippen molar-refractivity contribution in [2.45, 2.75) is 26.7 Å². The number of nitrogens with one attached hydrogen (secondary N) is 1. The number of likely N-dealkylation sites (N-methyl/N-ethyl adjacent to an activating group) is 1. The largest absolute Gasteiger partial charge is 0.352 e. The van der Waals surface area contributed by atoms with Gasteiger partial charge >= 0.3 is 0 Å². The number of amides is 2. The zero-order valence-electron chi connectivity index (χ0n) is 15.3. The number of piperazine rings is 1. The van der Waals surface area contributed by atoms with E-state index in [1.807, 2.05) is 48.2 Å². The summed E-state index contributed by atoms with van der Waals surface area (Å²) in [5.74, 6) is 0.0381. The summed E-state index contributed by atoms with van der Waals surface area (Å²) in [6, 6.07) is 9.81. The Bertz CT molecular complexity index is 590. The van der Waals surface area contributed by atoms with E-state index in [1.165, 1.54) is 0 Å². The summed E-state index contributed by atoms with van der Waals surface area (Å²) in [5.41, 5.74) is 1.74. The van der Waals surface area contributed by atoms with Crippen LogP contribution in [-0.2, 0) is 9.59 Å². The van der Waals surface area contributed by atoms with Crippen molar-refractivity contribution in [3.05, 3.63) is 41.5 Å². The molecule has 0 atom stereocenters. The van der Waals surface area contributed by atoms with Crippen LogP contribution >= 0.6 is 0 Å². The van der Waals surface area contributed by atoms with Gasteiger partial charge in [0.1, 0.15) is 0 Å². The molecule has 1 aromatic carbocycles. The molecule has 0 bridgehead atoms. The number of nitrogens with zero attached hydrogens (tertiary/aromatic N) is 2. The Balaban J connectivity index is 1.77. The lowest BCUT2D eigenvalue weighted by Crippen LogP contribution is -2.49. The molecule has 136 valence electrons. The second-order valence-corrected chi connectivity index (χ2v) is 6.25. The number of benzene rings is 1. The van der Waals surface area contributed by atoms with Gasteiger partial charge in [0.2, 0.25) is 11.8 Å². The standard InChI is InChI=1S/C20H29N3O2/c1-3-18(16-17-8-6-5-7-9-17)20(25)21-11-10-19(24)23-14-12-22(4-2)13-15-23/h5-9,16H,3-4,10-15H2,1-2H3,(H,21,25)/b18-16+. The lowest BCUT2D eigenvalue weighted by atomic mass is 10.1. The zero-order chi connectivity index (χ0) is 18.1. The Hall–Kier alpha value is -2.14. The van der Waals surface area contributed by atoms with Crippen molar-refractivity contribution in [2.75, 3.05) is 39.3 Å². The van der Waals surface area contributed by atoms with Gasteiger partial charge in [-0.05, 0) is 24.6 Å². The third-order valence-electron chi connectivity index (χ3n) is 4.61. The molecule has 1 N–H and O–H groups in total. The molecule has 0 radical (unpaired) electrons. The lowest BCUT2D eigenvalue weighted by Gasteiger charge is -2.34. The number of carbonyl (C=O) groups is 2. The Labute approximate surface area is 150 Å². The fraction of sp³-hybridized carbons (Fsp3) is 0.500. The first kappa shape index (κ1) is 19.2. The van der Waals surface area contributed by atoms with Gasteiger partial charge in [-0.25, -0.2) is 0 Å². The summed E-state index contributed by atoms with van der Waals surface area (Å²) in [6.45, 7) is 8.98. The van der Waals surface area contributed by atoms with Gasteiger partial charge in [-0.15, -0.1) is 0 Å². The quantitative estimate of drug-likeness (QED) is 0.772. The molecule has 5 nitrogen and oxygen atoms in total. The monoisotopic (exact) mass is 343 g/mol. The molecule has 5 heteroatoms. The summed E-state index contributed by atoms with van der Waals surface area (Å²) in [7, 11) is 0. The molecule has 1 aliphatic heterocycles. The van der Waals surface area contributed by atoms with E-state index in [2.05, 4.69) is 17.1 Å². The van der Waals surface area contributed by atoms with Crippen molar-refractivity contribution < 1.29 is 9.59 Å². The average molecular weight is 343 g/mol. The number of hydrogen-bond acceptors (Lipinski definition) is 3. The fourth-order valence-corrected chi connectivity index (χ4v) is 2.95. The van der Waals surface area contributed by atoms with Crippen LogP contribution < -0.4 is 5.32 Å². The molecule has 2 rings (SSSR count). The topological polar surface area (TPSA) is 52.7 Å². The van der Waals surface area contributed by atoms with Crippen LogP contribution in [0.25, 0.3) is 6.08 Å². The maximum absolute atomic E-state index is 12.3. The highest BCUT2D eigenvalue weighted by atomic mass is 16.2. The fourth-order valence-electron chi connectivity index (χ4n) is 2.95. The van der Waals surface area contributed by atoms with Crippen LogP contribution in [0.2, 0.25) is 0 Å². The molecule has 1 aromatic rings. The highest BCUT2D eigenvalue weighted by molar-refractivity contribution is 5.97. The Morgan fingerprint density at radius 2 is 1.76 bits per heavy atom. The third-order valence-corrected chi connectivity index (χ3v) is 4.61. The molecule has 0 aromatic heterocycles. The summed E-state index contributed by atoms with van der Waals surface area (Å²) >= 11 is 0. The molecule has 1 saturated heterocycles. The number of carbonyl (C=O) groups excluding carboxylic acids is 2. The van der Waals surface area contributed by atoms with Crippen molar-refractivity contribution in [1.82, 2.24) is 15.1 Å². The molecule has 1 fully saturated rings. The molecule has 1 aliphatic rings. The first-order valence-electron chi connectivity index (χ1n) is 9.18. The molecule has 2 amide bonds. The second kappa shape index (κ2) is 9.99. The summed E-state index contributed by atoms with van der Waals surface area (Å²) in [6.07, 6.45) is 2.93. The maximum atomic E-state index is 12.3. The highest BCUT2D eigenvalue weighted by Crippen LogP contribution is 2.10. The Kier molecular flexibility index (Phi) is 7.67. The van der Waals surface area contributed by atoms with E-state index in [4.69, 9.17) is 0 Å². The molecule has 1 heterocycles. The molecule has 25 heavy (non-hydrogen) atoms. The smallest absolute Gasteiger partial charge is 0.247 e. The van der Waals surface area contributed by atoms with E-state index in [0.717, 1.165) is 43.9 Å². The van der Waals surface area contributed by atoms with E-state index in [0.29, 0.717) is 19.4 Å². The molecular formula is C20H29N3O2. The third kappa shape index (κ3) is 6.02. The van der Waals surface area contributed by atoms with Crippen molar-refractivity contribution >= 4 is 17.9 Å². The van der Waals surface area contributed by atoms with Crippen LogP contribution in [0.3, 0.4) is 0 Å². The van der Waals surface area contributed by atoms with Crippen LogP contribution in [0.1, 0.15) is 32.3 Å². The SMILES string of the molecule is CC/C(=C\c1ccccc1)C(=O)NCCC(=O)N1CCN(CC)CC1.